The summed E-state index contributed by atoms with van der Waals surface area (Å²) in [5, 5.41) is 5.46. The van der Waals surface area contributed by atoms with Crippen LogP contribution in [0.5, 0.6) is 11.5 Å². The first-order valence-corrected chi connectivity index (χ1v) is 13.1. The molecule has 1 saturated heterocycles. The van der Waals surface area contributed by atoms with Crippen molar-refractivity contribution in [2.24, 2.45) is 0 Å². The molecule has 1 aromatic heterocycles. The van der Waals surface area contributed by atoms with Crippen molar-refractivity contribution in [3.8, 4) is 11.5 Å². The predicted molar refractivity (Wildman–Crippen MR) is 133 cm³/mol. The van der Waals surface area contributed by atoms with Gasteiger partial charge in [0.15, 0.2) is 11.5 Å². The Morgan fingerprint density at radius 2 is 1.72 bits per heavy atom. The second kappa shape index (κ2) is 10.5. The van der Waals surface area contributed by atoms with Crippen LogP contribution < -0.4 is 20.1 Å². The topological polar surface area (TPSA) is 113 Å². The van der Waals surface area contributed by atoms with Gasteiger partial charge in [0, 0.05) is 57.3 Å². The normalized spacial score (nSPS) is 16.0. The largest absolute Gasteiger partial charge is 0.454 e. The Labute approximate surface area is 209 Å². The minimum atomic E-state index is -3.62. The molecule has 2 aliphatic rings. The number of pyridine rings is 1. The summed E-state index contributed by atoms with van der Waals surface area (Å²) in [6, 6.07) is 15.4. The molecule has 188 valence electrons. The molecule has 0 spiro atoms. The molecule has 1 fully saturated rings. The molecule has 0 bridgehead atoms. The first kappa shape index (κ1) is 24.0. The van der Waals surface area contributed by atoms with E-state index < -0.39 is 10.0 Å². The Balaban J connectivity index is 1.12. The summed E-state index contributed by atoms with van der Waals surface area (Å²) >= 11 is 0. The van der Waals surface area contributed by atoms with Crippen molar-refractivity contribution in [1.29, 1.82) is 0 Å². The van der Waals surface area contributed by atoms with Crippen molar-refractivity contribution >= 4 is 21.7 Å². The molecule has 36 heavy (non-hydrogen) atoms. The van der Waals surface area contributed by atoms with E-state index in [0.29, 0.717) is 45.0 Å². The second-order valence-corrected chi connectivity index (χ2v) is 10.5. The summed E-state index contributed by atoms with van der Waals surface area (Å²) in [6.07, 6.45) is 3.34. The van der Waals surface area contributed by atoms with E-state index in [9.17, 15) is 13.2 Å². The van der Waals surface area contributed by atoms with E-state index >= 15 is 0 Å². The number of benzene rings is 2. The van der Waals surface area contributed by atoms with Gasteiger partial charge in [-0.05, 0) is 53.6 Å². The lowest BCUT2D eigenvalue weighted by molar-refractivity contribution is 0.173. The highest BCUT2D eigenvalue weighted by atomic mass is 32.2. The number of nitrogens with zero attached hydrogens (tertiary/aromatic N) is 3. The maximum absolute atomic E-state index is 13.1. The number of hydrogen-bond acceptors (Lipinski definition) is 7. The number of fused-ring (bicyclic) bond motifs is 1. The highest BCUT2D eigenvalue weighted by Crippen LogP contribution is 2.33. The first-order chi connectivity index (χ1) is 17.5. The minimum Gasteiger partial charge on any atom is -0.454 e. The first-order valence-electron chi connectivity index (χ1n) is 11.6. The summed E-state index contributed by atoms with van der Waals surface area (Å²) in [6.45, 7) is 3.37. The standard InChI is InChI=1S/C25H27N5O5S/c31-25(27-16-20-2-1-9-26-15-20)28-21-4-6-22(7-5-21)36(32,33)30-12-10-29(11-13-30)17-19-3-8-23-24(14-19)35-18-34-23/h1-9,14-15H,10-13,16-18H2,(H2,27,28,31). The number of ether oxygens (including phenoxy) is 2. The Hall–Kier alpha value is -3.67. The van der Waals surface area contributed by atoms with Gasteiger partial charge in [-0.2, -0.15) is 4.31 Å². The maximum atomic E-state index is 13.1. The van der Waals surface area contributed by atoms with Crippen molar-refractivity contribution in [2.45, 2.75) is 18.0 Å². The third kappa shape index (κ3) is 5.59. The molecule has 3 aromatic rings. The number of sulfonamides is 1. The molecule has 11 heteroatoms. The molecule has 0 saturated carbocycles. The number of anilines is 1. The van der Waals surface area contributed by atoms with Gasteiger partial charge in [-0.25, -0.2) is 13.2 Å². The average Bonchev–Trinajstić information content (AvgIpc) is 3.37. The number of piperazine rings is 1. The van der Waals surface area contributed by atoms with E-state index in [2.05, 4.69) is 20.5 Å². The van der Waals surface area contributed by atoms with Crippen LogP contribution in [-0.4, -0.2) is 61.6 Å². The SMILES string of the molecule is O=C(NCc1cccnc1)Nc1ccc(S(=O)(=O)N2CCN(Cc3ccc4c(c3)OCO4)CC2)cc1. The molecule has 2 aromatic carbocycles. The minimum absolute atomic E-state index is 0.202. The highest BCUT2D eigenvalue weighted by molar-refractivity contribution is 7.89. The molecule has 5 rings (SSSR count). The number of nitrogens with one attached hydrogen (secondary N) is 2. The van der Waals surface area contributed by atoms with Crippen LogP contribution in [0, 0.1) is 0 Å². The van der Waals surface area contributed by atoms with Crippen molar-refractivity contribution in [2.75, 3.05) is 38.3 Å². The number of hydrogen-bond donors (Lipinski definition) is 2. The molecule has 2 aliphatic heterocycles. The van der Waals surface area contributed by atoms with Gasteiger partial charge < -0.3 is 20.1 Å². The van der Waals surface area contributed by atoms with Crippen molar-refractivity contribution in [1.82, 2.24) is 19.5 Å². The molecule has 3 heterocycles. The molecular formula is C25H27N5O5S. The summed E-state index contributed by atoms with van der Waals surface area (Å²) in [7, 11) is -3.62. The van der Waals surface area contributed by atoms with Crippen LogP contribution in [-0.2, 0) is 23.1 Å². The summed E-state index contributed by atoms with van der Waals surface area (Å²) in [5.41, 5.74) is 2.49. The highest BCUT2D eigenvalue weighted by Gasteiger charge is 2.28. The number of urea groups is 1. The lowest BCUT2D eigenvalue weighted by atomic mass is 10.2. The lowest BCUT2D eigenvalue weighted by Crippen LogP contribution is -2.48. The zero-order valence-corrected chi connectivity index (χ0v) is 20.4. The predicted octanol–water partition coefficient (Wildman–Crippen LogP) is 2.64. The third-order valence-corrected chi connectivity index (χ3v) is 8.01. The second-order valence-electron chi connectivity index (χ2n) is 8.56. The fourth-order valence-corrected chi connectivity index (χ4v) is 5.57. The Morgan fingerprint density at radius 1 is 0.944 bits per heavy atom. The molecule has 2 N–H and O–H groups in total. The van der Waals surface area contributed by atoms with Crippen LogP contribution in [0.15, 0.2) is 71.9 Å². The Morgan fingerprint density at radius 3 is 2.47 bits per heavy atom. The molecular weight excluding hydrogens is 482 g/mol. The number of amides is 2. The summed E-state index contributed by atoms with van der Waals surface area (Å²) in [4.78, 5) is 18.6. The third-order valence-electron chi connectivity index (χ3n) is 6.10. The van der Waals surface area contributed by atoms with Crippen molar-refractivity contribution in [3.05, 3.63) is 78.1 Å². The summed E-state index contributed by atoms with van der Waals surface area (Å²) < 4.78 is 38.6. The number of rotatable bonds is 7. The monoisotopic (exact) mass is 509 g/mol. The van der Waals surface area contributed by atoms with Crippen LogP contribution in [0.1, 0.15) is 11.1 Å². The van der Waals surface area contributed by atoms with Crippen LogP contribution in [0.25, 0.3) is 0 Å². The zero-order chi connectivity index (χ0) is 25.0. The fraction of sp³-hybridized carbons (Fsp3) is 0.280. The molecule has 2 amide bonds. The smallest absolute Gasteiger partial charge is 0.319 e. The van der Waals surface area contributed by atoms with Gasteiger partial charge >= 0.3 is 6.03 Å². The van der Waals surface area contributed by atoms with Crippen LogP contribution in [0.3, 0.4) is 0 Å². The van der Waals surface area contributed by atoms with Crippen LogP contribution in [0.2, 0.25) is 0 Å². The Kier molecular flexibility index (Phi) is 7.03. The van der Waals surface area contributed by atoms with Crippen LogP contribution >= 0.6 is 0 Å². The number of aromatic nitrogens is 1. The molecule has 0 aliphatic carbocycles. The molecule has 0 radical (unpaired) electrons. The van der Waals surface area contributed by atoms with E-state index in [-0.39, 0.29) is 17.7 Å². The van der Waals surface area contributed by atoms with Crippen molar-refractivity contribution < 1.29 is 22.7 Å². The molecule has 0 unspecified atom stereocenters. The van der Waals surface area contributed by atoms with Gasteiger partial charge in [-0.3, -0.25) is 9.88 Å². The van der Waals surface area contributed by atoms with E-state index in [1.807, 2.05) is 24.3 Å². The number of carbonyl (C=O) groups excluding carboxylic acids is 1. The van der Waals surface area contributed by atoms with Gasteiger partial charge in [-0.15, -0.1) is 0 Å². The lowest BCUT2D eigenvalue weighted by Gasteiger charge is -2.34. The quantitative estimate of drug-likeness (QED) is 0.503. The van der Waals surface area contributed by atoms with Gasteiger partial charge in [0.05, 0.1) is 4.90 Å². The van der Waals surface area contributed by atoms with Crippen LogP contribution in [0.4, 0.5) is 10.5 Å². The number of carbonyl (C=O) groups is 1. The zero-order valence-electron chi connectivity index (χ0n) is 19.6. The summed E-state index contributed by atoms with van der Waals surface area (Å²) in [5.74, 6) is 1.50. The van der Waals surface area contributed by atoms with E-state index in [1.165, 1.54) is 16.4 Å². The van der Waals surface area contributed by atoms with Gasteiger partial charge in [0.2, 0.25) is 16.8 Å². The fourth-order valence-electron chi connectivity index (χ4n) is 4.15. The van der Waals surface area contributed by atoms with Gasteiger partial charge in [0.1, 0.15) is 0 Å². The Bertz CT molecular complexity index is 1310. The van der Waals surface area contributed by atoms with E-state index in [0.717, 1.165) is 22.6 Å². The van der Waals surface area contributed by atoms with Crippen molar-refractivity contribution in [3.63, 3.8) is 0 Å². The van der Waals surface area contributed by atoms with E-state index in [4.69, 9.17) is 9.47 Å². The maximum Gasteiger partial charge on any atom is 0.319 e. The van der Waals surface area contributed by atoms with Gasteiger partial charge in [0.25, 0.3) is 0 Å². The van der Waals surface area contributed by atoms with E-state index in [1.54, 1.807) is 30.6 Å². The molecule has 0 atom stereocenters. The van der Waals surface area contributed by atoms with Gasteiger partial charge in [-0.1, -0.05) is 12.1 Å². The average molecular weight is 510 g/mol. The molecule has 10 nitrogen and oxygen atoms in total.